The van der Waals surface area contributed by atoms with Gasteiger partial charge in [-0.15, -0.1) is 10.2 Å². The molecule has 29 heavy (non-hydrogen) atoms. The smallest absolute Gasteiger partial charge is 0.307 e. The summed E-state index contributed by atoms with van der Waals surface area (Å²) >= 11 is 1.10. The fourth-order valence-corrected chi connectivity index (χ4v) is 3.43. The number of aromatic nitrogens is 3. The maximum absolute atomic E-state index is 14.0. The van der Waals surface area contributed by atoms with Gasteiger partial charge >= 0.3 is 6.03 Å². The van der Waals surface area contributed by atoms with E-state index in [1.54, 1.807) is 35.9 Å². The molecule has 150 valence electrons. The fourth-order valence-electron chi connectivity index (χ4n) is 2.72. The summed E-state index contributed by atoms with van der Waals surface area (Å²) in [6.07, 6.45) is 0. The molecule has 1 heterocycles. The first-order valence-electron chi connectivity index (χ1n) is 8.80. The minimum atomic E-state index is -0.604. The molecule has 0 bridgehead atoms. The summed E-state index contributed by atoms with van der Waals surface area (Å²) in [5, 5.41) is 13.4. The van der Waals surface area contributed by atoms with Gasteiger partial charge in [-0.05, 0) is 37.6 Å². The van der Waals surface area contributed by atoms with Crippen molar-refractivity contribution in [2.75, 3.05) is 11.1 Å². The minimum Gasteiger partial charge on any atom is -0.307 e. The number of carbonyl (C=O) groups excluding carboxylic acids is 2. The molecule has 0 spiro atoms. The molecule has 0 saturated carbocycles. The minimum absolute atomic E-state index is 0.0381. The molecule has 1 aromatic heterocycles. The van der Waals surface area contributed by atoms with Crippen LogP contribution in [0.2, 0.25) is 0 Å². The van der Waals surface area contributed by atoms with E-state index < -0.39 is 17.8 Å². The first-order valence-corrected chi connectivity index (χ1v) is 9.79. The fraction of sp³-hybridized carbons (Fsp3) is 0.200. The van der Waals surface area contributed by atoms with E-state index in [1.807, 2.05) is 26.0 Å². The Morgan fingerprint density at radius 2 is 1.90 bits per heavy atom. The van der Waals surface area contributed by atoms with Crippen LogP contribution in [-0.4, -0.2) is 32.5 Å². The number of aryl methyl sites for hydroxylation is 2. The molecular weight excluding hydrogens is 393 g/mol. The third kappa shape index (κ3) is 5.00. The number of hydrogen-bond donors (Lipinski definition) is 2. The lowest BCUT2D eigenvalue weighted by Gasteiger charge is -2.10. The number of amides is 3. The topological polar surface area (TPSA) is 88.9 Å². The quantitative estimate of drug-likeness (QED) is 0.623. The van der Waals surface area contributed by atoms with Gasteiger partial charge in [0, 0.05) is 12.7 Å². The number of hydrogen-bond acceptors (Lipinski definition) is 5. The summed E-state index contributed by atoms with van der Waals surface area (Å²) in [6.45, 7) is 3.84. The van der Waals surface area contributed by atoms with Crippen molar-refractivity contribution in [1.82, 2.24) is 20.1 Å². The first kappa shape index (κ1) is 20.5. The third-order valence-corrected chi connectivity index (χ3v) is 5.19. The van der Waals surface area contributed by atoms with Crippen molar-refractivity contribution in [2.45, 2.75) is 19.0 Å². The van der Waals surface area contributed by atoms with Gasteiger partial charge in [-0.1, -0.05) is 41.6 Å². The second-order valence-corrected chi connectivity index (χ2v) is 7.40. The third-order valence-electron chi connectivity index (χ3n) is 4.17. The highest BCUT2D eigenvalue weighted by Crippen LogP contribution is 2.24. The Morgan fingerprint density at radius 3 is 2.62 bits per heavy atom. The molecule has 2 aromatic carbocycles. The molecule has 0 atom stereocenters. The molecule has 3 rings (SSSR count). The second-order valence-electron chi connectivity index (χ2n) is 6.45. The maximum atomic E-state index is 14.0. The average molecular weight is 413 g/mol. The number of benzene rings is 2. The summed E-state index contributed by atoms with van der Waals surface area (Å²) in [4.78, 5) is 24.1. The number of urea groups is 1. The number of imide groups is 1. The molecular formula is C20H20FN5O2S. The average Bonchev–Trinajstić information content (AvgIpc) is 3.03. The van der Waals surface area contributed by atoms with Crippen LogP contribution in [0, 0.1) is 19.7 Å². The number of halogens is 1. The highest BCUT2D eigenvalue weighted by molar-refractivity contribution is 7.99. The van der Waals surface area contributed by atoms with Crippen LogP contribution in [0.15, 0.2) is 47.6 Å². The van der Waals surface area contributed by atoms with Crippen LogP contribution in [-0.2, 0) is 11.8 Å². The molecule has 3 aromatic rings. The number of nitrogens with one attached hydrogen (secondary N) is 2. The van der Waals surface area contributed by atoms with Gasteiger partial charge in [-0.25, -0.2) is 9.18 Å². The Balaban J connectivity index is 1.57. The molecule has 0 aliphatic rings. The van der Waals surface area contributed by atoms with Gasteiger partial charge in [-0.2, -0.15) is 0 Å². The molecule has 0 aliphatic carbocycles. The second kappa shape index (κ2) is 8.87. The van der Waals surface area contributed by atoms with Gasteiger partial charge in [-0.3, -0.25) is 10.1 Å². The van der Waals surface area contributed by atoms with Crippen molar-refractivity contribution in [3.8, 4) is 11.4 Å². The predicted molar refractivity (Wildman–Crippen MR) is 110 cm³/mol. The monoisotopic (exact) mass is 413 g/mol. The molecule has 0 unspecified atom stereocenters. The standard InChI is InChI=1S/C20H20FN5O2S/c1-12-8-9-16(13(2)10-12)22-19(28)23-17(27)11-29-20-25-24-18(26(20)3)14-6-4-5-7-15(14)21/h4-10H,11H2,1-3H3,(H2,22,23,27,28). The van der Waals surface area contributed by atoms with Crippen molar-refractivity contribution < 1.29 is 14.0 Å². The van der Waals surface area contributed by atoms with E-state index in [4.69, 9.17) is 0 Å². The normalized spacial score (nSPS) is 10.6. The first-order chi connectivity index (χ1) is 13.8. The van der Waals surface area contributed by atoms with E-state index >= 15 is 0 Å². The van der Waals surface area contributed by atoms with E-state index in [9.17, 15) is 14.0 Å². The van der Waals surface area contributed by atoms with E-state index in [0.29, 0.717) is 22.2 Å². The van der Waals surface area contributed by atoms with E-state index in [0.717, 1.165) is 22.9 Å². The molecule has 2 N–H and O–H groups in total. The summed E-state index contributed by atoms with van der Waals surface area (Å²) in [6, 6.07) is 11.3. The SMILES string of the molecule is Cc1ccc(NC(=O)NC(=O)CSc2nnc(-c3ccccc3F)n2C)c(C)c1. The Kier molecular flexibility index (Phi) is 6.28. The Bertz CT molecular complexity index is 1070. The van der Waals surface area contributed by atoms with Crippen LogP contribution in [0.5, 0.6) is 0 Å². The van der Waals surface area contributed by atoms with Gasteiger partial charge in [0.05, 0.1) is 11.3 Å². The zero-order valence-electron chi connectivity index (χ0n) is 16.2. The number of nitrogens with zero attached hydrogens (tertiary/aromatic N) is 3. The lowest BCUT2D eigenvalue weighted by Crippen LogP contribution is -2.35. The van der Waals surface area contributed by atoms with Gasteiger partial charge in [0.2, 0.25) is 5.91 Å². The van der Waals surface area contributed by atoms with Crippen LogP contribution in [0.1, 0.15) is 11.1 Å². The molecule has 0 saturated heterocycles. The van der Waals surface area contributed by atoms with Crippen LogP contribution in [0.25, 0.3) is 11.4 Å². The molecule has 0 radical (unpaired) electrons. The van der Waals surface area contributed by atoms with Gasteiger partial charge < -0.3 is 9.88 Å². The van der Waals surface area contributed by atoms with Gasteiger partial charge in [0.25, 0.3) is 0 Å². The van der Waals surface area contributed by atoms with Crippen molar-refractivity contribution >= 4 is 29.4 Å². The van der Waals surface area contributed by atoms with E-state index in [1.165, 1.54) is 6.07 Å². The maximum Gasteiger partial charge on any atom is 0.325 e. The molecule has 0 fully saturated rings. The number of thioether (sulfide) groups is 1. The molecule has 3 amide bonds. The van der Waals surface area contributed by atoms with Gasteiger partial charge in [0.15, 0.2) is 11.0 Å². The Labute approximate surface area is 171 Å². The van der Waals surface area contributed by atoms with E-state index in [2.05, 4.69) is 20.8 Å². The highest BCUT2D eigenvalue weighted by atomic mass is 32.2. The van der Waals surface area contributed by atoms with Crippen molar-refractivity contribution in [3.63, 3.8) is 0 Å². The van der Waals surface area contributed by atoms with Crippen molar-refractivity contribution in [2.24, 2.45) is 7.05 Å². The molecule has 7 nitrogen and oxygen atoms in total. The summed E-state index contributed by atoms with van der Waals surface area (Å²) in [5.41, 5.74) is 2.95. The van der Waals surface area contributed by atoms with Crippen molar-refractivity contribution in [3.05, 3.63) is 59.4 Å². The molecule has 0 aliphatic heterocycles. The van der Waals surface area contributed by atoms with Crippen molar-refractivity contribution in [1.29, 1.82) is 0 Å². The Hall–Kier alpha value is -3.20. The zero-order valence-corrected chi connectivity index (χ0v) is 17.0. The summed E-state index contributed by atoms with van der Waals surface area (Å²) in [5.74, 6) is -0.560. The van der Waals surface area contributed by atoms with Crippen LogP contribution >= 0.6 is 11.8 Å². The summed E-state index contributed by atoms with van der Waals surface area (Å²) < 4.78 is 15.6. The van der Waals surface area contributed by atoms with Crippen LogP contribution < -0.4 is 10.6 Å². The Morgan fingerprint density at radius 1 is 1.14 bits per heavy atom. The number of carbonyl (C=O) groups is 2. The predicted octanol–water partition coefficient (Wildman–Crippen LogP) is 3.68. The lowest BCUT2D eigenvalue weighted by atomic mass is 10.1. The number of rotatable bonds is 5. The summed E-state index contributed by atoms with van der Waals surface area (Å²) in [7, 11) is 1.69. The van der Waals surface area contributed by atoms with Crippen LogP contribution in [0.4, 0.5) is 14.9 Å². The van der Waals surface area contributed by atoms with Crippen LogP contribution in [0.3, 0.4) is 0 Å². The molecule has 9 heteroatoms. The zero-order chi connectivity index (χ0) is 21.0. The lowest BCUT2D eigenvalue weighted by molar-refractivity contribution is -0.117. The number of anilines is 1. The van der Waals surface area contributed by atoms with Gasteiger partial charge in [0.1, 0.15) is 5.82 Å². The largest absolute Gasteiger partial charge is 0.325 e. The highest BCUT2D eigenvalue weighted by Gasteiger charge is 2.16. The van der Waals surface area contributed by atoms with E-state index in [-0.39, 0.29) is 5.75 Å².